The molecule has 37 heteroatoms. The molecule has 7 aromatic rings. The van der Waals surface area contributed by atoms with Gasteiger partial charge in [-0.1, -0.05) is 90.7 Å². The van der Waals surface area contributed by atoms with E-state index in [2.05, 4.69) is 52.6 Å². The summed E-state index contributed by atoms with van der Waals surface area (Å²) in [5.74, 6) is 4.11. The van der Waals surface area contributed by atoms with Crippen LogP contribution >= 0.6 is 15.6 Å². The first kappa shape index (κ1) is 75.1. The number of carbonyl (C=O) groups is 4. The SMILES string of the molecule is COC[C@H]1O[C@@H](n2cc(C#CCNC(=O)CNC(=O)CCNCCN(C)C)c(=O)[nH]c2=O)C[C@@H]1OP(=O)(O)OC[C@H]1O[C@@H](n2cc(-c3ccc(C=O)cc3)c(=O)[nH]c2=O)C[C@@H]1OP(=O)(O)OC[C@H]1O[C@@H](n2cc(-c3ccc(C4OC(=O)CCN4Cc4ccccc4)cc3)c3c(N)ncnc32)C[C@@H]1O. The van der Waals surface area contributed by atoms with Crippen LogP contribution in [0.3, 0.4) is 0 Å². The number of benzene rings is 3. The summed E-state index contributed by atoms with van der Waals surface area (Å²) >= 11 is 0. The Morgan fingerprint density at radius 3 is 2.03 bits per heavy atom. The molecule has 4 fully saturated rings. The average molecular weight is 1470 g/mol. The molecule has 4 aromatic heterocycles. The number of aliphatic hydroxyl groups is 1. The molecule has 35 nitrogen and oxygen atoms in total. The van der Waals surface area contributed by atoms with Crippen LogP contribution in [0.1, 0.15) is 84.1 Å². The molecule has 0 aliphatic carbocycles. The number of anilines is 1. The maximum absolute atomic E-state index is 14.2. The van der Waals surface area contributed by atoms with Crippen LogP contribution < -0.4 is 44.2 Å². The van der Waals surface area contributed by atoms with Crippen LogP contribution in [0.4, 0.5) is 5.82 Å². The fourth-order valence-electron chi connectivity index (χ4n) is 12.1. The zero-order chi connectivity index (χ0) is 73.1. The lowest BCUT2D eigenvalue weighted by Gasteiger charge is -2.35. The Kier molecular flexibility index (Phi) is 24.5. The molecule has 0 bridgehead atoms. The van der Waals surface area contributed by atoms with Gasteiger partial charge in [0.15, 0.2) is 6.23 Å². The zero-order valence-corrected chi connectivity index (χ0v) is 57.8. The summed E-state index contributed by atoms with van der Waals surface area (Å²) in [6.07, 6.45) is -7.39. The van der Waals surface area contributed by atoms with Gasteiger partial charge in [0, 0.05) is 101 Å². The number of aromatic nitrogens is 7. The van der Waals surface area contributed by atoms with Crippen molar-refractivity contribution in [2.75, 3.05) is 86.0 Å². The normalized spacial score (nSPS) is 23.2. The molecule has 3 unspecified atom stereocenters. The average Bonchev–Trinajstić information content (AvgIpc) is 1.61. The number of nitrogens with two attached hydrogens (primary N) is 1. The Bertz CT molecular complexity index is 4620. The maximum Gasteiger partial charge on any atom is 0.472 e. The second kappa shape index (κ2) is 33.6. The Morgan fingerprint density at radius 2 is 1.36 bits per heavy atom. The van der Waals surface area contributed by atoms with E-state index in [0.29, 0.717) is 60.2 Å². The van der Waals surface area contributed by atoms with Gasteiger partial charge in [-0.25, -0.2) is 28.7 Å². The fourth-order valence-corrected chi connectivity index (χ4v) is 14.0. The number of aliphatic hydroxyl groups excluding tert-OH is 1. The third-order valence-corrected chi connectivity index (χ3v) is 19.3. The molecule has 0 saturated carbocycles. The second-order valence-electron chi connectivity index (χ2n) is 24.8. The van der Waals surface area contributed by atoms with Crippen molar-refractivity contribution < 1.29 is 85.0 Å². The van der Waals surface area contributed by atoms with Crippen molar-refractivity contribution in [2.24, 2.45) is 0 Å². The largest absolute Gasteiger partial charge is 0.472 e. The second-order valence-corrected chi connectivity index (χ2v) is 27.6. The number of ether oxygens (including phenoxy) is 5. The van der Waals surface area contributed by atoms with Crippen LogP contribution in [0.15, 0.2) is 123 Å². The number of phosphoric ester groups is 2. The minimum atomic E-state index is -5.31. The molecule has 10 N–H and O–H groups in total. The van der Waals surface area contributed by atoms with Gasteiger partial charge < -0.3 is 69.7 Å². The number of aldehydes is 1. The standard InChI is InChI=1S/C66H77N13O22P2/c1-75(2)25-23-68-22-19-53(82)70-29-54(83)69-21-7-10-44-31-78(65(87)73-62(44)85)56-27-48(51(97-56)35-93-3)100-103(91,92)95-37-52-49(28-57(98-52)79-33-46(63(86)74-66(79)88)42-13-11-40(34-80)12-14-42)101-102(89,90)94-36-50-47(81)26-55(96-50)77-32-45(59-60(67)71-38-72-61(59)77)41-15-17-43(18-16-41)64-76(24-20-58(84)99-64)30-39-8-5-4-6-9-39/h4-6,8-9,11-18,31-34,38,47-52,55-57,64,68,81H,19-30,35-37H2,1-3H3,(H,69,83)(H,70,82)(H,89,90)(H,91,92)(H2,67,71,72)(H,73,85,87)(H,74,86,88)/t47-,48-,49-,50+,51+,52+,55+,56+,57+,64?/m0/s1. The molecule has 12 atom stereocenters. The predicted octanol–water partition coefficient (Wildman–Crippen LogP) is 1.71. The number of nitrogen functional groups attached to an aromatic ring is 1. The number of cyclic esters (lactones) is 1. The first-order chi connectivity index (χ1) is 49.4. The Morgan fingerprint density at radius 1 is 0.748 bits per heavy atom. The van der Waals surface area contributed by atoms with E-state index in [1.807, 2.05) is 73.6 Å². The number of fused-ring (bicyclic) bond motifs is 1. The van der Waals surface area contributed by atoms with E-state index >= 15 is 0 Å². The van der Waals surface area contributed by atoms with Crippen molar-refractivity contribution >= 4 is 56.6 Å². The number of rotatable bonds is 30. The Hall–Kier alpha value is -9.02. The first-order valence-electron chi connectivity index (χ1n) is 32.7. The molecular formula is C66H77N13O22P2. The number of hydrogen-bond donors (Lipinski definition) is 9. The van der Waals surface area contributed by atoms with Gasteiger partial charge in [-0.05, 0) is 30.8 Å². The highest BCUT2D eigenvalue weighted by atomic mass is 31.2. The summed E-state index contributed by atoms with van der Waals surface area (Å²) in [4.78, 5) is 142. The number of aromatic amines is 2. The van der Waals surface area contributed by atoms with Crippen LogP contribution in [-0.2, 0) is 71.8 Å². The number of carbonyl (C=O) groups excluding carboxylic acids is 4. The fraction of sp³-hybridized carbons (Fsp3) is 0.424. The molecule has 11 rings (SSSR count). The van der Waals surface area contributed by atoms with Crippen molar-refractivity contribution in [1.82, 2.24) is 59.4 Å². The predicted molar refractivity (Wildman–Crippen MR) is 365 cm³/mol. The van der Waals surface area contributed by atoms with E-state index in [0.717, 1.165) is 39.2 Å². The van der Waals surface area contributed by atoms with E-state index in [-0.39, 0.29) is 79.8 Å². The first-order valence-corrected chi connectivity index (χ1v) is 35.7. The van der Waals surface area contributed by atoms with Gasteiger partial charge in [0.2, 0.25) is 11.8 Å². The molecule has 8 heterocycles. The van der Waals surface area contributed by atoms with E-state index in [9.17, 15) is 62.4 Å². The van der Waals surface area contributed by atoms with Crippen molar-refractivity contribution in [3.05, 3.63) is 168 Å². The lowest BCUT2D eigenvalue weighted by Crippen LogP contribution is -2.38. The number of methoxy groups -OCH3 is 1. The number of esters is 1. The third-order valence-electron chi connectivity index (χ3n) is 17.3. The Balaban J connectivity index is 0.754. The molecule has 4 aliphatic rings. The Labute approximate surface area is 586 Å². The smallest absolute Gasteiger partial charge is 0.442 e. The molecule has 548 valence electrons. The van der Waals surface area contributed by atoms with Crippen molar-refractivity contribution in [3.8, 4) is 34.1 Å². The van der Waals surface area contributed by atoms with E-state index < -0.39 is 125 Å². The molecule has 3 aromatic carbocycles. The summed E-state index contributed by atoms with van der Waals surface area (Å²) in [5, 5.41) is 20.0. The quantitative estimate of drug-likeness (QED) is 0.0102. The number of hydrogen-bond acceptors (Lipinski definition) is 26. The van der Waals surface area contributed by atoms with Crippen LogP contribution in [0.25, 0.3) is 33.3 Å². The number of nitrogens with zero attached hydrogens (tertiary/aromatic N) is 7. The molecule has 4 saturated heterocycles. The monoisotopic (exact) mass is 1470 g/mol. The summed E-state index contributed by atoms with van der Waals surface area (Å²) in [7, 11) is -5.46. The molecular weight excluding hydrogens is 1390 g/mol. The van der Waals surface area contributed by atoms with Gasteiger partial charge in [0.25, 0.3) is 11.1 Å². The summed E-state index contributed by atoms with van der Waals surface area (Å²) < 4.78 is 83.7. The van der Waals surface area contributed by atoms with Crippen LogP contribution in [-0.4, -0.2) is 199 Å². The lowest BCUT2D eigenvalue weighted by molar-refractivity contribution is -0.171. The summed E-state index contributed by atoms with van der Waals surface area (Å²) in [5.41, 5.74) is 6.49. The summed E-state index contributed by atoms with van der Waals surface area (Å²) in [6, 6.07) is 23.0. The van der Waals surface area contributed by atoms with Crippen LogP contribution in [0.5, 0.6) is 0 Å². The van der Waals surface area contributed by atoms with Gasteiger partial charge >= 0.3 is 33.0 Å². The molecule has 103 heavy (non-hydrogen) atoms. The summed E-state index contributed by atoms with van der Waals surface area (Å²) in [6.45, 7) is 0.373. The zero-order valence-electron chi connectivity index (χ0n) is 56.0. The van der Waals surface area contributed by atoms with Gasteiger partial charge in [-0.2, -0.15) is 0 Å². The third kappa shape index (κ3) is 19.1. The topological polar surface area (TPSA) is 455 Å². The molecule has 0 spiro atoms. The van der Waals surface area contributed by atoms with Gasteiger partial charge in [-0.15, -0.1) is 0 Å². The number of H-pyrrole nitrogens is 2. The highest BCUT2D eigenvalue weighted by molar-refractivity contribution is 7.47. The van der Waals surface area contributed by atoms with E-state index in [1.54, 1.807) is 10.8 Å². The number of likely N-dealkylation sites (N-methyl/N-ethyl adjacent to an activating group) is 1. The van der Waals surface area contributed by atoms with Gasteiger partial charge in [-0.3, -0.25) is 70.9 Å². The molecule has 4 aliphatic heterocycles. The van der Waals surface area contributed by atoms with Crippen molar-refractivity contribution in [1.29, 1.82) is 0 Å². The lowest BCUT2D eigenvalue weighted by atomic mass is 10.0. The van der Waals surface area contributed by atoms with Crippen LogP contribution in [0, 0.1) is 11.8 Å². The van der Waals surface area contributed by atoms with Crippen molar-refractivity contribution in [2.45, 2.75) is 100 Å². The highest BCUT2D eigenvalue weighted by Gasteiger charge is 2.47. The number of nitrogens with one attached hydrogen (secondary N) is 5. The maximum atomic E-state index is 14.2. The van der Waals surface area contributed by atoms with Crippen LogP contribution in [0.2, 0.25) is 0 Å². The number of amides is 2. The van der Waals surface area contributed by atoms with E-state index in [1.165, 1.54) is 37.7 Å². The number of phosphoric acid groups is 2. The minimum Gasteiger partial charge on any atom is -0.442 e. The molecule has 2 amide bonds. The molecule has 0 radical (unpaired) electrons. The minimum absolute atomic E-state index is 0.0623. The van der Waals surface area contributed by atoms with E-state index in [4.69, 9.17) is 47.5 Å². The van der Waals surface area contributed by atoms with Gasteiger partial charge in [0.1, 0.15) is 78.8 Å². The van der Waals surface area contributed by atoms with Gasteiger partial charge in [0.05, 0.1) is 56.4 Å². The highest BCUT2D eigenvalue weighted by Crippen LogP contribution is 2.52. The van der Waals surface area contributed by atoms with Crippen molar-refractivity contribution in [3.63, 3.8) is 0 Å².